The van der Waals surface area contributed by atoms with Crippen molar-refractivity contribution in [2.24, 2.45) is 0 Å². The summed E-state index contributed by atoms with van der Waals surface area (Å²) in [5.41, 5.74) is 3.69. The number of carboxylic acid groups (broad SMARTS) is 1. The van der Waals surface area contributed by atoms with E-state index >= 15 is 0 Å². The molecule has 1 amide bonds. The zero-order valence-corrected chi connectivity index (χ0v) is 9.07. The highest BCUT2D eigenvalue weighted by atomic mass is 16.4. The summed E-state index contributed by atoms with van der Waals surface area (Å²) in [6.45, 7) is 3.74. The lowest BCUT2D eigenvalue weighted by Crippen LogP contribution is -2.37. The third-order valence-electron chi connectivity index (χ3n) is 3.02. The maximum atomic E-state index is 10.6. The Balaban J connectivity index is 2.15. The van der Waals surface area contributed by atoms with Crippen molar-refractivity contribution in [1.82, 2.24) is 5.32 Å². The number of amides is 1. The van der Waals surface area contributed by atoms with Crippen LogP contribution < -0.4 is 5.32 Å². The van der Waals surface area contributed by atoms with Crippen molar-refractivity contribution >= 4 is 12.2 Å². The van der Waals surface area contributed by atoms with Crippen molar-refractivity contribution in [2.75, 3.05) is 0 Å². The van der Waals surface area contributed by atoms with Gasteiger partial charge in [0.1, 0.15) is 0 Å². The standard InChI is InChI=1S/C13H15NO2/c1-2-9-3-4-11-8-12(14-13(15)16)6-5-10(11)7-9/h2-4,7,12,14H,1,5-6,8H2,(H,15,16). The van der Waals surface area contributed by atoms with Gasteiger partial charge >= 0.3 is 6.09 Å². The Morgan fingerprint density at radius 2 is 2.31 bits per heavy atom. The normalized spacial score (nSPS) is 18.6. The van der Waals surface area contributed by atoms with Crippen LogP contribution in [0.3, 0.4) is 0 Å². The minimum atomic E-state index is -0.934. The second-order valence-corrected chi connectivity index (χ2v) is 4.12. The number of aryl methyl sites for hydroxylation is 1. The molecule has 1 aliphatic carbocycles. The van der Waals surface area contributed by atoms with Crippen LogP contribution in [-0.2, 0) is 12.8 Å². The molecule has 1 unspecified atom stereocenters. The molecule has 84 valence electrons. The predicted molar refractivity (Wildman–Crippen MR) is 63.5 cm³/mol. The topological polar surface area (TPSA) is 49.3 Å². The molecular formula is C13H15NO2. The number of nitrogens with one attached hydrogen (secondary N) is 1. The van der Waals surface area contributed by atoms with Crippen molar-refractivity contribution in [3.8, 4) is 0 Å². The van der Waals surface area contributed by atoms with Crippen LogP contribution in [0.25, 0.3) is 6.08 Å². The molecular weight excluding hydrogens is 202 g/mol. The van der Waals surface area contributed by atoms with Crippen LogP contribution in [-0.4, -0.2) is 17.2 Å². The fourth-order valence-electron chi connectivity index (χ4n) is 2.20. The Morgan fingerprint density at radius 1 is 1.50 bits per heavy atom. The summed E-state index contributed by atoms with van der Waals surface area (Å²) in [5.74, 6) is 0. The van der Waals surface area contributed by atoms with Crippen molar-refractivity contribution in [2.45, 2.75) is 25.3 Å². The molecule has 2 N–H and O–H groups in total. The molecule has 1 aliphatic rings. The first kappa shape index (κ1) is 10.7. The Morgan fingerprint density at radius 3 is 3.00 bits per heavy atom. The van der Waals surface area contributed by atoms with Gasteiger partial charge in [-0.25, -0.2) is 4.79 Å². The zero-order chi connectivity index (χ0) is 11.5. The van der Waals surface area contributed by atoms with Gasteiger partial charge < -0.3 is 10.4 Å². The van der Waals surface area contributed by atoms with Gasteiger partial charge in [0, 0.05) is 6.04 Å². The van der Waals surface area contributed by atoms with E-state index in [-0.39, 0.29) is 6.04 Å². The van der Waals surface area contributed by atoms with E-state index in [1.807, 2.05) is 12.1 Å². The molecule has 1 aromatic rings. The Labute approximate surface area is 94.8 Å². The summed E-state index contributed by atoms with van der Waals surface area (Å²) >= 11 is 0. The average Bonchev–Trinajstić information content (AvgIpc) is 2.27. The maximum absolute atomic E-state index is 10.6. The van der Waals surface area contributed by atoms with E-state index in [1.165, 1.54) is 11.1 Å². The van der Waals surface area contributed by atoms with Gasteiger partial charge in [-0.15, -0.1) is 0 Å². The molecule has 1 atom stereocenters. The van der Waals surface area contributed by atoms with E-state index < -0.39 is 6.09 Å². The summed E-state index contributed by atoms with van der Waals surface area (Å²) < 4.78 is 0. The Kier molecular flexibility index (Phi) is 2.95. The highest BCUT2D eigenvalue weighted by Crippen LogP contribution is 2.23. The molecule has 0 spiro atoms. The number of rotatable bonds is 2. The molecule has 2 rings (SSSR count). The van der Waals surface area contributed by atoms with Crippen molar-refractivity contribution in [3.63, 3.8) is 0 Å². The smallest absolute Gasteiger partial charge is 0.404 e. The molecule has 16 heavy (non-hydrogen) atoms. The van der Waals surface area contributed by atoms with Crippen LogP contribution in [0.15, 0.2) is 24.8 Å². The monoisotopic (exact) mass is 217 g/mol. The second-order valence-electron chi connectivity index (χ2n) is 4.12. The number of fused-ring (bicyclic) bond motifs is 1. The van der Waals surface area contributed by atoms with Crippen LogP contribution in [0.5, 0.6) is 0 Å². The second kappa shape index (κ2) is 4.39. The van der Waals surface area contributed by atoms with Gasteiger partial charge in [-0.3, -0.25) is 0 Å². The SMILES string of the molecule is C=Cc1ccc2c(c1)CCC(NC(=O)O)C2. The molecule has 0 aliphatic heterocycles. The lowest BCUT2D eigenvalue weighted by Gasteiger charge is -2.24. The first-order chi connectivity index (χ1) is 7.69. The van der Waals surface area contributed by atoms with Crippen molar-refractivity contribution in [1.29, 1.82) is 0 Å². The van der Waals surface area contributed by atoms with Gasteiger partial charge in [-0.2, -0.15) is 0 Å². The lowest BCUT2D eigenvalue weighted by molar-refractivity contribution is 0.188. The molecule has 0 fully saturated rings. The largest absolute Gasteiger partial charge is 0.465 e. The molecule has 0 radical (unpaired) electrons. The van der Waals surface area contributed by atoms with E-state index in [1.54, 1.807) is 0 Å². The Hall–Kier alpha value is -1.77. The quantitative estimate of drug-likeness (QED) is 0.799. The molecule has 3 heteroatoms. The third kappa shape index (κ3) is 2.24. The number of benzene rings is 1. The molecule has 3 nitrogen and oxygen atoms in total. The van der Waals surface area contributed by atoms with Crippen molar-refractivity contribution in [3.05, 3.63) is 41.5 Å². The minimum absolute atomic E-state index is 0.0552. The van der Waals surface area contributed by atoms with E-state index in [9.17, 15) is 4.79 Å². The highest BCUT2D eigenvalue weighted by Gasteiger charge is 2.19. The van der Waals surface area contributed by atoms with Crippen LogP contribution in [0, 0.1) is 0 Å². The first-order valence-corrected chi connectivity index (χ1v) is 5.42. The van der Waals surface area contributed by atoms with Gasteiger partial charge in [0.05, 0.1) is 0 Å². The van der Waals surface area contributed by atoms with Crippen LogP contribution >= 0.6 is 0 Å². The minimum Gasteiger partial charge on any atom is -0.465 e. The van der Waals surface area contributed by atoms with Crippen LogP contribution in [0.4, 0.5) is 4.79 Å². The fraction of sp³-hybridized carbons (Fsp3) is 0.308. The number of hydrogen-bond donors (Lipinski definition) is 2. The summed E-state index contributed by atoms with van der Waals surface area (Å²) in [6, 6.07) is 6.29. The summed E-state index contributed by atoms with van der Waals surface area (Å²) in [5, 5.41) is 11.2. The fourth-order valence-corrected chi connectivity index (χ4v) is 2.20. The van der Waals surface area contributed by atoms with Gasteiger partial charge in [0.2, 0.25) is 0 Å². The Bertz CT molecular complexity index is 426. The van der Waals surface area contributed by atoms with E-state index in [4.69, 9.17) is 5.11 Å². The number of carbonyl (C=O) groups is 1. The summed E-state index contributed by atoms with van der Waals surface area (Å²) in [7, 11) is 0. The predicted octanol–water partition coefficient (Wildman–Crippen LogP) is 2.45. The molecule has 0 saturated carbocycles. The molecule has 0 bridgehead atoms. The third-order valence-corrected chi connectivity index (χ3v) is 3.02. The molecule has 0 aromatic heterocycles. The van der Waals surface area contributed by atoms with Crippen molar-refractivity contribution < 1.29 is 9.90 Å². The number of hydrogen-bond acceptors (Lipinski definition) is 1. The van der Waals surface area contributed by atoms with Gasteiger partial charge in [-0.1, -0.05) is 30.9 Å². The molecule has 0 saturated heterocycles. The zero-order valence-electron chi connectivity index (χ0n) is 9.07. The molecule has 0 heterocycles. The van der Waals surface area contributed by atoms with Gasteiger partial charge in [0.25, 0.3) is 0 Å². The van der Waals surface area contributed by atoms with Gasteiger partial charge in [-0.05, 0) is 36.0 Å². The first-order valence-electron chi connectivity index (χ1n) is 5.42. The van der Waals surface area contributed by atoms with Crippen LogP contribution in [0.2, 0.25) is 0 Å². The van der Waals surface area contributed by atoms with Gasteiger partial charge in [0.15, 0.2) is 0 Å². The summed E-state index contributed by atoms with van der Waals surface area (Å²) in [6.07, 6.45) is 3.50. The lowest BCUT2D eigenvalue weighted by atomic mass is 9.87. The van der Waals surface area contributed by atoms with E-state index in [0.717, 1.165) is 24.8 Å². The average molecular weight is 217 g/mol. The summed E-state index contributed by atoms with van der Waals surface area (Å²) in [4.78, 5) is 10.6. The molecule has 1 aromatic carbocycles. The van der Waals surface area contributed by atoms with E-state index in [2.05, 4.69) is 24.0 Å². The highest BCUT2D eigenvalue weighted by molar-refractivity contribution is 5.65. The van der Waals surface area contributed by atoms with Crippen LogP contribution in [0.1, 0.15) is 23.1 Å². The maximum Gasteiger partial charge on any atom is 0.404 e. The van der Waals surface area contributed by atoms with E-state index in [0.29, 0.717) is 0 Å².